The van der Waals surface area contributed by atoms with Crippen LogP contribution in [0.25, 0.3) is 0 Å². The van der Waals surface area contributed by atoms with Crippen LogP contribution in [0.3, 0.4) is 0 Å². The Kier molecular flexibility index (Phi) is 20.0. The molecule has 0 saturated carbocycles. The Labute approximate surface area is 62.0 Å². The van der Waals surface area contributed by atoms with E-state index in [0.717, 1.165) is 0 Å². The van der Waals surface area contributed by atoms with E-state index in [0.29, 0.717) is 0 Å². The second-order valence-corrected chi connectivity index (χ2v) is 0.183. The molecule has 1 N–H and O–H groups in total. The first-order chi connectivity index (χ1) is 1.41. The molecule has 0 aliphatic carbocycles. The quantitative estimate of drug-likeness (QED) is 0.641. The monoisotopic (exact) mass is 271 g/mol. The van der Waals surface area contributed by atoms with Gasteiger partial charge in [0.15, 0.2) is 0 Å². The first-order valence-corrected chi connectivity index (χ1v) is 0.724. The van der Waals surface area contributed by atoms with Gasteiger partial charge in [-0.2, -0.15) is 0 Å². The van der Waals surface area contributed by atoms with Crippen molar-refractivity contribution in [2.75, 3.05) is 6.61 Å². The summed E-state index contributed by atoms with van der Waals surface area (Å²) in [6, 6.07) is 0. The Morgan fingerprint density at radius 2 is 1.75 bits per heavy atom. The summed E-state index contributed by atoms with van der Waals surface area (Å²) in [5.41, 5.74) is 0. The van der Waals surface area contributed by atoms with Crippen molar-refractivity contribution in [3.05, 3.63) is 6.92 Å². The number of aliphatic hydroxyl groups excluding tert-OH is 1. The van der Waals surface area contributed by atoms with Crippen LogP contribution >= 0.6 is 0 Å². The zero-order valence-electron chi connectivity index (χ0n) is 2.31. The topological polar surface area (TPSA) is 20.2 Å². The standard InChI is InChI=1S/C2H4O.Ac/c1-2-3;/h1,3H,2H2;. The molecule has 0 heterocycles. The van der Waals surface area contributed by atoms with Crippen molar-refractivity contribution in [3.8, 4) is 0 Å². The molecule has 2 heteroatoms. The molecule has 0 fully saturated rings. The number of hydrogen-bond donors (Lipinski definition) is 1. The summed E-state index contributed by atoms with van der Waals surface area (Å²) >= 11 is 0. The number of aliphatic hydroxyl groups is 1. The predicted molar refractivity (Wildman–Crippen MR) is 11.4 cm³/mol. The third-order valence-corrected chi connectivity index (χ3v) is 0. The van der Waals surface area contributed by atoms with Gasteiger partial charge in [-0.15, -0.1) is 0 Å². The first-order valence-electron chi connectivity index (χ1n) is 0.724. The smallest absolute Gasteiger partial charge is 0.0466 e. The molecule has 21 valence electrons. The van der Waals surface area contributed by atoms with Crippen LogP contribution in [0, 0.1) is 51.0 Å². The summed E-state index contributed by atoms with van der Waals surface area (Å²) in [7, 11) is 0. The SMILES string of the molecule is [Ac].[CH]CO. The van der Waals surface area contributed by atoms with Crippen LogP contribution in [0.1, 0.15) is 0 Å². The molecule has 0 aliphatic rings. The van der Waals surface area contributed by atoms with Gasteiger partial charge in [0.05, 0.1) is 0 Å². The van der Waals surface area contributed by atoms with Gasteiger partial charge in [0, 0.05) is 50.7 Å². The summed E-state index contributed by atoms with van der Waals surface area (Å²) in [5, 5.41) is 7.35. The molecule has 3 radical (unpaired) electrons. The fraction of sp³-hybridized carbons (Fsp3) is 0.500. The molecule has 1 nitrogen and oxygen atoms in total. The molecule has 0 rings (SSSR count). The molecule has 0 bridgehead atoms. The molecule has 0 saturated heterocycles. The summed E-state index contributed by atoms with van der Waals surface area (Å²) in [5.74, 6) is 0. The summed E-state index contributed by atoms with van der Waals surface area (Å²) < 4.78 is 0. The van der Waals surface area contributed by atoms with Gasteiger partial charge in [-0.3, -0.25) is 0 Å². The third kappa shape index (κ3) is 9.99. The maximum Gasteiger partial charge on any atom is 0.0466 e. The molecule has 0 aromatic heterocycles. The average molecular weight is 271 g/mol. The maximum atomic E-state index is 7.35. The molecule has 4 heavy (non-hydrogen) atoms. The maximum absolute atomic E-state index is 7.35. The Bertz CT molecular complexity index is 6.00. The fourth-order valence-corrected chi connectivity index (χ4v) is 0. The van der Waals surface area contributed by atoms with E-state index in [1.807, 2.05) is 0 Å². The van der Waals surface area contributed by atoms with Crippen molar-refractivity contribution in [2.24, 2.45) is 0 Å². The molecule has 0 aliphatic heterocycles. The van der Waals surface area contributed by atoms with Gasteiger partial charge in [0.1, 0.15) is 0 Å². The van der Waals surface area contributed by atoms with E-state index in [-0.39, 0.29) is 50.7 Å². The van der Waals surface area contributed by atoms with Crippen LogP contribution in [-0.4, -0.2) is 11.7 Å². The average Bonchev–Trinajstić information content (AvgIpc) is 0.918. The largest absolute Gasteiger partial charge is 0.396 e. The van der Waals surface area contributed by atoms with Crippen molar-refractivity contribution in [2.45, 2.75) is 0 Å². The number of hydrogen-bond acceptors (Lipinski definition) is 1. The van der Waals surface area contributed by atoms with Crippen molar-refractivity contribution >= 4 is 0 Å². The third-order valence-electron chi connectivity index (χ3n) is 0. The molecule has 0 aromatic rings. The molecule has 0 amide bonds. The summed E-state index contributed by atoms with van der Waals surface area (Å²) in [4.78, 5) is 0. The van der Waals surface area contributed by atoms with Crippen molar-refractivity contribution < 1.29 is 49.2 Å². The Balaban J connectivity index is 0. The van der Waals surface area contributed by atoms with Crippen LogP contribution in [0.2, 0.25) is 0 Å². The summed E-state index contributed by atoms with van der Waals surface area (Å²) in [6.07, 6.45) is 0. The van der Waals surface area contributed by atoms with Gasteiger partial charge in [-0.25, -0.2) is 0 Å². The number of rotatable bonds is 0. The molecule has 0 spiro atoms. The minimum absolute atomic E-state index is 0. The van der Waals surface area contributed by atoms with Crippen molar-refractivity contribution in [1.82, 2.24) is 0 Å². The van der Waals surface area contributed by atoms with E-state index in [1.54, 1.807) is 0 Å². The van der Waals surface area contributed by atoms with Crippen LogP contribution in [0.4, 0.5) is 0 Å². The normalized spacial score (nSPS) is 4.50. The summed E-state index contributed by atoms with van der Waals surface area (Å²) in [6.45, 7) is 4.15. The minimum Gasteiger partial charge on any atom is -0.396 e. The van der Waals surface area contributed by atoms with E-state index >= 15 is 0 Å². The fourth-order valence-electron chi connectivity index (χ4n) is 0. The second-order valence-electron chi connectivity index (χ2n) is 0.183. The molecule has 0 aromatic carbocycles. The molecule has 0 unspecified atom stereocenters. The van der Waals surface area contributed by atoms with Gasteiger partial charge >= 0.3 is 0 Å². The zero-order valence-corrected chi connectivity index (χ0v) is 7.05. The van der Waals surface area contributed by atoms with Gasteiger partial charge in [-0.1, -0.05) is 0 Å². The minimum atomic E-state index is -0.250. The van der Waals surface area contributed by atoms with Crippen molar-refractivity contribution in [1.29, 1.82) is 0 Å². The van der Waals surface area contributed by atoms with Crippen LogP contribution < -0.4 is 0 Å². The predicted octanol–water partition coefficient (Wildman–Crippen LogP) is -0.310. The first kappa shape index (κ1) is 9.04. The molecular weight excluding hydrogens is 267 g/mol. The van der Waals surface area contributed by atoms with E-state index in [4.69, 9.17) is 5.11 Å². The molecule has 0 atom stereocenters. The Morgan fingerprint density at radius 3 is 1.75 bits per heavy atom. The Morgan fingerprint density at radius 1 is 1.75 bits per heavy atom. The van der Waals surface area contributed by atoms with E-state index < -0.39 is 0 Å². The molecular formula is C2H4AcO. The van der Waals surface area contributed by atoms with E-state index in [2.05, 4.69) is 6.92 Å². The van der Waals surface area contributed by atoms with E-state index in [9.17, 15) is 0 Å². The van der Waals surface area contributed by atoms with Crippen LogP contribution in [0.15, 0.2) is 0 Å². The van der Waals surface area contributed by atoms with Gasteiger partial charge in [0.25, 0.3) is 0 Å². The van der Waals surface area contributed by atoms with Gasteiger partial charge < -0.3 is 5.11 Å². The van der Waals surface area contributed by atoms with Crippen LogP contribution in [-0.2, 0) is 0 Å². The second kappa shape index (κ2) is 8.83. The Hall–Kier alpha value is 1.40. The van der Waals surface area contributed by atoms with E-state index in [1.165, 1.54) is 0 Å². The van der Waals surface area contributed by atoms with Gasteiger partial charge in [-0.05, 0) is 6.92 Å². The van der Waals surface area contributed by atoms with Crippen molar-refractivity contribution in [3.63, 3.8) is 0 Å². The van der Waals surface area contributed by atoms with Crippen LogP contribution in [0.5, 0.6) is 0 Å². The zero-order chi connectivity index (χ0) is 2.71. The van der Waals surface area contributed by atoms with Gasteiger partial charge in [0.2, 0.25) is 0 Å².